The molecule has 0 saturated carbocycles. The van der Waals surface area contributed by atoms with E-state index in [0.717, 1.165) is 6.42 Å². The number of hydrogen-bond donors (Lipinski definition) is 0. The molecule has 0 aliphatic carbocycles. The first kappa shape index (κ1) is 21.3. The van der Waals surface area contributed by atoms with Crippen molar-refractivity contribution in [3.05, 3.63) is 0 Å². The predicted molar refractivity (Wildman–Crippen MR) is 98.8 cm³/mol. The van der Waals surface area contributed by atoms with Crippen molar-refractivity contribution in [2.24, 2.45) is 10.4 Å². The molecule has 21 heavy (non-hydrogen) atoms. The second-order valence-corrected chi connectivity index (χ2v) is 20.1. The van der Waals surface area contributed by atoms with Gasteiger partial charge in [-0.25, -0.2) is 0 Å². The molecule has 0 heterocycles. The van der Waals surface area contributed by atoms with Crippen molar-refractivity contribution in [2.75, 3.05) is 12.7 Å². The van der Waals surface area contributed by atoms with E-state index >= 15 is 0 Å². The normalized spacial score (nSPS) is 14.9. The second-order valence-electron chi connectivity index (χ2n) is 8.50. The highest BCUT2D eigenvalue weighted by Crippen LogP contribution is 2.53. The van der Waals surface area contributed by atoms with Crippen LogP contribution in [0.5, 0.6) is 0 Å². The maximum atomic E-state index is 13.0. The fourth-order valence-corrected chi connectivity index (χ4v) is 10.1. The van der Waals surface area contributed by atoms with Crippen LogP contribution in [-0.2, 0) is 13.0 Å². The lowest BCUT2D eigenvalue weighted by Gasteiger charge is -2.31. The summed E-state index contributed by atoms with van der Waals surface area (Å²) in [5, 5.41) is 0. The van der Waals surface area contributed by atoms with E-state index in [-0.39, 0.29) is 5.41 Å². The van der Waals surface area contributed by atoms with Crippen molar-refractivity contribution in [3.63, 3.8) is 0 Å². The molecule has 0 bridgehead atoms. The molecule has 126 valence electrons. The minimum atomic E-state index is -2.99. The van der Waals surface area contributed by atoms with E-state index < -0.39 is 24.2 Å². The van der Waals surface area contributed by atoms with Gasteiger partial charge >= 0.3 is 7.60 Å². The Morgan fingerprint density at radius 2 is 1.43 bits per heavy atom. The van der Waals surface area contributed by atoms with Gasteiger partial charge in [-0.1, -0.05) is 20.8 Å². The highest BCUT2D eigenvalue weighted by atomic mass is 31.2. The molecule has 0 unspecified atom stereocenters. The van der Waals surface area contributed by atoms with E-state index in [4.69, 9.17) is 8.43 Å². The lowest BCUT2D eigenvalue weighted by molar-refractivity contribution is 0.382. The summed E-state index contributed by atoms with van der Waals surface area (Å²) in [5.74, 6) is 0. The van der Waals surface area contributed by atoms with Crippen LogP contribution in [-0.4, -0.2) is 35.6 Å². The Kier molecular flexibility index (Phi) is 7.78. The molecule has 0 aromatic heterocycles. The van der Waals surface area contributed by atoms with Crippen molar-refractivity contribution in [1.29, 1.82) is 0 Å². The molecular weight excluding hydrogens is 317 g/mol. The van der Waals surface area contributed by atoms with E-state index in [1.807, 2.05) is 45.5 Å². The quantitative estimate of drug-likeness (QED) is 0.255. The van der Waals surface area contributed by atoms with Crippen LogP contribution < -0.4 is 0 Å². The van der Waals surface area contributed by atoms with Crippen LogP contribution in [0.25, 0.3) is 0 Å². The molecule has 0 amide bonds. The second kappa shape index (κ2) is 7.69. The van der Waals surface area contributed by atoms with Crippen LogP contribution in [0.4, 0.5) is 0 Å². The summed E-state index contributed by atoms with van der Waals surface area (Å²) in [5.41, 5.74) is 0.0906. The number of nitrogens with zero attached hydrogens (tertiary/aromatic N) is 1. The molecule has 7 heteroatoms. The van der Waals surface area contributed by atoms with Crippen LogP contribution in [0.2, 0.25) is 39.3 Å². The van der Waals surface area contributed by atoms with Crippen LogP contribution in [0.15, 0.2) is 4.99 Å². The first-order chi connectivity index (χ1) is 9.12. The minimum Gasteiger partial charge on any atom is -0.352 e. The molecular formula is C14H34NO3PSi2. The van der Waals surface area contributed by atoms with Crippen LogP contribution in [0.1, 0.15) is 27.2 Å². The zero-order valence-corrected chi connectivity index (χ0v) is 18.2. The molecule has 0 saturated heterocycles. The van der Waals surface area contributed by atoms with E-state index in [0.29, 0.717) is 12.7 Å². The summed E-state index contributed by atoms with van der Waals surface area (Å²) < 4.78 is 24.8. The third kappa shape index (κ3) is 13.6. The SMILES string of the molecule is CC(C)(C)C=NCCCP(=O)(O[Si](C)(C)C)O[Si](C)(C)C. The average Bonchev–Trinajstić information content (AvgIpc) is 2.07. The number of aliphatic imine (C=N–C) groups is 1. The Hall–Kier alpha value is 0.254. The van der Waals surface area contributed by atoms with Gasteiger partial charge in [0.25, 0.3) is 0 Å². The number of hydrogen-bond acceptors (Lipinski definition) is 4. The summed E-state index contributed by atoms with van der Waals surface area (Å²) in [6, 6.07) is 0. The summed E-state index contributed by atoms with van der Waals surface area (Å²) in [6.07, 6.45) is 3.15. The van der Waals surface area contributed by atoms with Gasteiger partial charge < -0.3 is 8.43 Å². The molecule has 0 aromatic rings. The highest BCUT2D eigenvalue weighted by molar-refractivity contribution is 7.57. The third-order valence-electron chi connectivity index (χ3n) is 2.02. The lowest BCUT2D eigenvalue weighted by Crippen LogP contribution is -2.30. The smallest absolute Gasteiger partial charge is 0.311 e. The van der Waals surface area contributed by atoms with Gasteiger partial charge in [0.05, 0.1) is 6.16 Å². The summed E-state index contributed by atoms with van der Waals surface area (Å²) >= 11 is 0. The van der Waals surface area contributed by atoms with Crippen molar-refractivity contribution in [1.82, 2.24) is 0 Å². The Morgan fingerprint density at radius 1 is 1.00 bits per heavy atom. The zero-order chi connectivity index (χ0) is 16.9. The van der Waals surface area contributed by atoms with E-state index in [1.165, 1.54) is 0 Å². The van der Waals surface area contributed by atoms with Gasteiger partial charge in [-0.2, -0.15) is 0 Å². The average molecular weight is 352 g/mol. The molecule has 0 aliphatic rings. The van der Waals surface area contributed by atoms with E-state index in [9.17, 15) is 4.57 Å². The van der Waals surface area contributed by atoms with Gasteiger partial charge in [0.1, 0.15) is 0 Å². The first-order valence-electron chi connectivity index (χ1n) is 7.64. The van der Waals surface area contributed by atoms with E-state index in [2.05, 4.69) is 25.8 Å². The van der Waals surface area contributed by atoms with Gasteiger partial charge in [0, 0.05) is 12.8 Å². The lowest BCUT2D eigenvalue weighted by atomic mass is 9.99. The molecule has 0 aliphatic heterocycles. The molecule has 0 atom stereocenters. The molecule has 0 radical (unpaired) electrons. The summed E-state index contributed by atoms with van der Waals surface area (Å²) in [7, 11) is -6.78. The van der Waals surface area contributed by atoms with Crippen molar-refractivity contribution in [3.8, 4) is 0 Å². The summed E-state index contributed by atoms with van der Waals surface area (Å²) in [6.45, 7) is 19.3. The van der Waals surface area contributed by atoms with Crippen LogP contribution in [0.3, 0.4) is 0 Å². The van der Waals surface area contributed by atoms with E-state index in [1.54, 1.807) is 0 Å². The maximum Gasteiger partial charge on any atom is 0.311 e. The fourth-order valence-electron chi connectivity index (χ4n) is 1.64. The minimum absolute atomic E-state index is 0.0906. The summed E-state index contributed by atoms with van der Waals surface area (Å²) in [4.78, 5) is 4.40. The third-order valence-corrected chi connectivity index (χ3v) is 9.49. The first-order valence-corrected chi connectivity index (χ1v) is 16.2. The van der Waals surface area contributed by atoms with Crippen molar-refractivity contribution < 1.29 is 13.0 Å². The van der Waals surface area contributed by atoms with Gasteiger partial charge in [-0.05, 0) is 51.1 Å². The molecule has 0 spiro atoms. The van der Waals surface area contributed by atoms with Crippen LogP contribution >= 0.6 is 7.60 Å². The van der Waals surface area contributed by atoms with Gasteiger partial charge in [0.15, 0.2) is 16.6 Å². The van der Waals surface area contributed by atoms with Crippen molar-refractivity contribution in [2.45, 2.75) is 66.5 Å². The maximum absolute atomic E-state index is 13.0. The Bertz CT molecular complexity index is 372. The van der Waals surface area contributed by atoms with Gasteiger partial charge in [0.2, 0.25) is 0 Å². The zero-order valence-electron chi connectivity index (χ0n) is 15.3. The van der Waals surface area contributed by atoms with Gasteiger partial charge in [-0.15, -0.1) is 0 Å². The molecule has 4 nitrogen and oxygen atoms in total. The molecule has 0 fully saturated rings. The highest BCUT2D eigenvalue weighted by Gasteiger charge is 2.35. The Labute approximate surface area is 133 Å². The van der Waals surface area contributed by atoms with Crippen molar-refractivity contribution >= 4 is 30.4 Å². The fraction of sp³-hybridized carbons (Fsp3) is 0.929. The monoisotopic (exact) mass is 351 g/mol. The predicted octanol–water partition coefficient (Wildman–Crippen LogP) is 5.39. The Balaban J connectivity index is 4.64. The Morgan fingerprint density at radius 3 is 1.76 bits per heavy atom. The number of rotatable bonds is 8. The standard InChI is InChI=1S/C14H34NO3PSi2/c1-14(2,3)13-15-11-10-12-19(16,17-20(4,5)6)18-21(7,8)9/h13H,10-12H2,1-9H3. The molecule has 0 rings (SSSR count). The molecule has 0 aromatic carbocycles. The molecule has 0 N–H and O–H groups in total. The van der Waals surface area contributed by atoms with Crippen LogP contribution in [0, 0.1) is 5.41 Å². The largest absolute Gasteiger partial charge is 0.352 e. The van der Waals surface area contributed by atoms with Gasteiger partial charge in [-0.3, -0.25) is 9.56 Å². The topological polar surface area (TPSA) is 47.9 Å².